The van der Waals surface area contributed by atoms with E-state index in [1.165, 1.54) is 26.5 Å². The van der Waals surface area contributed by atoms with Crippen molar-refractivity contribution in [1.29, 1.82) is 0 Å². The van der Waals surface area contributed by atoms with Gasteiger partial charge in [0.15, 0.2) is 17.9 Å². The van der Waals surface area contributed by atoms with Crippen LogP contribution < -0.4 is 66.7 Å². The highest BCUT2D eigenvalue weighted by atomic mass is 32.2. The lowest BCUT2D eigenvalue weighted by Crippen LogP contribution is -2.64. The van der Waals surface area contributed by atoms with Crippen LogP contribution in [0.2, 0.25) is 0 Å². The topological polar surface area (TPSA) is 524 Å². The van der Waals surface area contributed by atoms with E-state index in [1.54, 1.807) is 30.3 Å². The summed E-state index contributed by atoms with van der Waals surface area (Å²) >= 11 is 1.29. The van der Waals surface area contributed by atoms with Gasteiger partial charge in [-0.25, -0.2) is 4.79 Å². The molecule has 0 bridgehead atoms. The van der Waals surface area contributed by atoms with Crippen LogP contribution in [0, 0.1) is 11.8 Å². The van der Waals surface area contributed by atoms with E-state index >= 15 is 0 Å². The van der Waals surface area contributed by atoms with Crippen LogP contribution in [-0.2, 0) is 54.4 Å². The molecule has 1 aromatic rings. The Morgan fingerprint density at radius 3 is 1.82 bits per heavy atom. The maximum atomic E-state index is 14.8. The molecular formula is C56H89N19O13S. The first kappa shape index (κ1) is 70.1. The molecule has 33 heteroatoms. The van der Waals surface area contributed by atoms with Gasteiger partial charge in [-0.1, -0.05) is 49.6 Å². The van der Waals surface area contributed by atoms with Gasteiger partial charge in [0.1, 0.15) is 48.3 Å². The van der Waals surface area contributed by atoms with E-state index in [0.717, 1.165) is 30.6 Å². The quantitative estimate of drug-likeness (QED) is 0.0194. The van der Waals surface area contributed by atoms with E-state index < -0.39 is 133 Å². The van der Waals surface area contributed by atoms with Crippen molar-refractivity contribution in [3.63, 3.8) is 0 Å². The fourth-order valence-electron chi connectivity index (χ4n) is 12.1. The van der Waals surface area contributed by atoms with Crippen molar-refractivity contribution in [1.82, 2.24) is 46.2 Å². The minimum absolute atomic E-state index is 0.00210. The number of piperidine rings is 1. The summed E-state index contributed by atoms with van der Waals surface area (Å²) in [5.41, 5.74) is 39.3. The number of likely N-dealkylation sites (tertiary alicyclic amines) is 3. The number of rotatable bonds is 30. The van der Waals surface area contributed by atoms with Crippen LogP contribution in [0.1, 0.15) is 95.5 Å². The second-order valence-electron chi connectivity index (χ2n) is 23.1. The fourth-order valence-corrected chi connectivity index (χ4v) is 13.3. The van der Waals surface area contributed by atoms with Crippen molar-refractivity contribution < 1.29 is 63.3 Å². The molecule has 9 amide bonds. The fraction of sp³-hybridized carbons (Fsp3) is 0.661. The average Bonchev–Trinajstić information content (AvgIpc) is 1.83. The number of guanidine groups is 3. The molecule has 1 saturated carbocycles. The predicted molar refractivity (Wildman–Crippen MR) is 328 cm³/mol. The lowest BCUT2D eigenvalue weighted by molar-refractivity contribution is -0.155. The van der Waals surface area contributed by atoms with Crippen molar-refractivity contribution in [2.75, 3.05) is 64.0 Å². The first-order valence-electron chi connectivity index (χ1n) is 30.2. The summed E-state index contributed by atoms with van der Waals surface area (Å²) in [6, 6.07) is -2.51. The maximum absolute atomic E-state index is 14.8. The third kappa shape index (κ3) is 20.2. The number of benzene rings is 1. The molecule has 0 spiro atoms. The molecule has 6 rings (SSSR count). The molecule has 12 unspecified atom stereocenters. The number of hydrogen-bond acceptors (Lipinski definition) is 17. The molecule has 4 heterocycles. The summed E-state index contributed by atoms with van der Waals surface area (Å²) in [5.74, 6) is -7.90. The van der Waals surface area contributed by atoms with Gasteiger partial charge in [-0.05, 0) is 81.6 Å². The molecule has 22 N–H and O–H groups in total. The highest BCUT2D eigenvalue weighted by Gasteiger charge is 2.49. The van der Waals surface area contributed by atoms with Gasteiger partial charge in [-0.15, -0.1) is 11.8 Å². The van der Waals surface area contributed by atoms with Gasteiger partial charge in [0.2, 0.25) is 53.2 Å². The first-order valence-corrected chi connectivity index (χ1v) is 31.4. The maximum Gasteiger partial charge on any atom is 0.326 e. The third-order valence-electron chi connectivity index (χ3n) is 16.7. The molecule has 1 aliphatic carbocycles. The molecule has 1 aromatic carbocycles. The van der Waals surface area contributed by atoms with Crippen LogP contribution in [0.15, 0.2) is 45.3 Å². The van der Waals surface area contributed by atoms with E-state index in [9.17, 15) is 63.3 Å². The van der Waals surface area contributed by atoms with E-state index in [0.29, 0.717) is 18.4 Å². The van der Waals surface area contributed by atoms with Crippen LogP contribution in [0.4, 0.5) is 0 Å². The normalized spacial score (nSPS) is 23.0. The third-order valence-corrected chi connectivity index (χ3v) is 17.7. The summed E-state index contributed by atoms with van der Waals surface area (Å²) in [5, 5.41) is 44.6. The number of β-amino-alcohol motifs (C(OH)–C–C–N with tert-alkyl or cyclic N) is 1. The Labute approximate surface area is 520 Å². The number of aliphatic imine (C=N–C) groups is 3. The minimum atomic E-state index is -1.61. The minimum Gasteiger partial charge on any atom is -0.480 e. The standard InChI is InChI=1S/C56H89N19O13S/c57-35(14-6-18-64-54(58)59)45(79)69-36(15-7-19-65-55(60)61)49(83)72-21-9-17-40(72)51(85)74-27-34(77)24-41(74)47(81)67-25-44(78)68-38(22-31-10-2-1-3-11-31)46(80)71-39(28-76)50(84)73-26-33-13-5-4-12-32(33)23-42(73)52(86)75-30-89-29-43(75)48(82)70-37(53(87)88)16-8-20-66-56(62)63/h1-3,10-11,32-43,76-77H,4-9,12-30,57H2,(H,67,81)(H,68,78)(H,69,79)(H,70,82)(H,71,80)(H,87,88)(H4,58,59,64)(H4,60,61,65)(H4,62,63,66). The predicted octanol–water partition coefficient (Wildman–Crippen LogP) is -5.89. The summed E-state index contributed by atoms with van der Waals surface area (Å²) in [6.45, 7) is -1.17. The highest BCUT2D eigenvalue weighted by Crippen LogP contribution is 2.40. The Hall–Kier alpha value is -8.04. The van der Waals surface area contributed by atoms with Crippen molar-refractivity contribution in [2.24, 2.45) is 66.9 Å². The number of amides is 9. The molecule has 4 saturated heterocycles. The summed E-state index contributed by atoms with van der Waals surface area (Å²) in [4.78, 5) is 157. The Morgan fingerprint density at radius 1 is 0.596 bits per heavy atom. The van der Waals surface area contributed by atoms with Gasteiger partial charge in [0, 0.05) is 57.9 Å². The molecule has 32 nitrogen and oxygen atoms in total. The summed E-state index contributed by atoms with van der Waals surface area (Å²) in [6.07, 6.45) is 3.85. The molecule has 0 aromatic heterocycles. The number of thioether (sulfide) groups is 1. The second-order valence-corrected chi connectivity index (χ2v) is 24.1. The van der Waals surface area contributed by atoms with Crippen molar-refractivity contribution in [2.45, 2.75) is 157 Å². The van der Waals surface area contributed by atoms with Gasteiger partial charge in [-0.2, -0.15) is 0 Å². The number of carbonyl (C=O) groups is 10. The first-order chi connectivity index (χ1) is 42.5. The zero-order chi connectivity index (χ0) is 64.9. The molecule has 4 aliphatic heterocycles. The number of nitrogens with two attached hydrogens (primary N) is 7. The van der Waals surface area contributed by atoms with E-state index in [1.807, 2.05) is 0 Å². The van der Waals surface area contributed by atoms with Gasteiger partial charge in [0.05, 0.1) is 31.2 Å². The monoisotopic (exact) mass is 1270 g/mol. The Morgan fingerprint density at radius 2 is 1.19 bits per heavy atom. The number of carbonyl (C=O) groups excluding carboxylic acids is 9. The molecule has 5 aliphatic rings. The number of fused-ring (bicyclic) bond motifs is 1. The number of carboxylic acids is 1. The number of aliphatic hydroxyl groups excluding tert-OH is 2. The number of hydrogen-bond donors (Lipinski definition) is 15. The lowest BCUT2D eigenvalue weighted by atomic mass is 9.72. The number of nitrogens with zero attached hydrogens (tertiary/aromatic N) is 7. The van der Waals surface area contributed by atoms with E-state index in [-0.39, 0.29) is 138 Å². The molecule has 5 fully saturated rings. The zero-order valence-electron chi connectivity index (χ0n) is 50.0. The summed E-state index contributed by atoms with van der Waals surface area (Å²) < 4.78 is 0. The Bertz CT molecular complexity index is 2750. The number of aliphatic hydroxyl groups is 2. The summed E-state index contributed by atoms with van der Waals surface area (Å²) in [7, 11) is 0. The Balaban J connectivity index is 1.11. The van der Waals surface area contributed by atoms with Crippen molar-refractivity contribution in [3.05, 3.63) is 35.9 Å². The van der Waals surface area contributed by atoms with Crippen LogP contribution in [0.3, 0.4) is 0 Å². The second kappa shape index (κ2) is 34.1. The van der Waals surface area contributed by atoms with Crippen molar-refractivity contribution in [3.8, 4) is 0 Å². The number of carboxylic acid groups (broad SMARTS) is 1. The van der Waals surface area contributed by atoms with Crippen LogP contribution in [-0.4, -0.2) is 236 Å². The highest BCUT2D eigenvalue weighted by molar-refractivity contribution is 7.99. The molecule has 89 heavy (non-hydrogen) atoms. The van der Waals surface area contributed by atoms with Crippen molar-refractivity contribution >= 4 is 88.8 Å². The van der Waals surface area contributed by atoms with Gasteiger partial charge < -0.3 is 102 Å². The number of aliphatic carboxylic acids is 1. The molecule has 492 valence electrons. The zero-order valence-corrected chi connectivity index (χ0v) is 50.8. The van der Waals surface area contributed by atoms with Crippen LogP contribution >= 0.6 is 11.8 Å². The Kier molecular flexibility index (Phi) is 26.8. The van der Waals surface area contributed by atoms with Crippen LogP contribution in [0.25, 0.3) is 0 Å². The van der Waals surface area contributed by atoms with Crippen LogP contribution in [0.5, 0.6) is 0 Å². The van der Waals surface area contributed by atoms with Gasteiger partial charge >= 0.3 is 5.97 Å². The molecule has 12 atom stereocenters. The molecular weight excluding hydrogens is 1180 g/mol. The average molecular weight is 1270 g/mol. The SMILES string of the molecule is NC(N)=NCCCC(N)C(=O)NC(CCCN=C(N)N)C(=O)N1CCCC1C(=O)N1CC(O)CC1C(=O)NCC(=O)NC(Cc1ccccc1)C(=O)NC(CO)C(=O)N1CC2CCCCC2CC1C(=O)N1CSCC1C(=O)NC(CCCN=C(N)N)C(=O)O. The smallest absolute Gasteiger partial charge is 0.326 e. The van der Waals surface area contributed by atoms with Gasteiger partial charge in [0.25, 0.3) is 0 Å². The van der Waals surface area contributed by atoms with E-state index in [4.69, 9.17) is 40.1 Å². The number of nitrogens with one attached hydrogen (secondary N) is 5. The molecule has 0 radical (unpaired) electrons. The largest absolute Gasteiger partial charge is 0.480 e. The van der Waals surface area contributed by atoms with E-state index in [2.05, 4.69) is 41.6 Å². The lowest BCUT2D eigenvalue weighted by Gasteiger charge is -2.47. The van der Waals surface area contributed by atoms with Gasteiger partial charge in [-0.3, -0.25) is 58.1 Å².